The van der Waals surface area contributed by atoms with E-state index in [1.54, 1.807) is 13.2 Å². The summed E-state index contributed by atoms with van der Waals surface area (Å²) in [4.78, 5) is 17.1. The summed E-state index contributed by atoms with van der Waals surface area (Å²) < 4.78 is 6.85. The molecule has 1 fully saturated rings. The Morgan fingerprint density at radius 1 is 1.21 bits per heavy atom. The van der Waals surface area contributed by atoms with Gasteiger partial charge in [0.1, 0.15) is 11.4 Å². The van der Waals surface area contributed by atoms with Crippen LogP contribution in [0.1, 0.15) is 13.3 Å². The number of rotatable bonds is 8. The summed E-state index contributed by atoms with van der Waals surface area (Å²) in [6.45, 7) is 8.09. The Labute approximate surface area is 170 Å². The average Bonchev–Trinajstić information content (AvgIpc) is 2.73. The molecule has 152 valence electrons. The number of ether oxygens (including phenoxy) is 1. The molecule has 1 saturated heterocycles. The number of anilines is 2. The molecule has 1 aliphatic rings. The van der Waals surface area contributed by atoms with Crippen LogP contribution >= 0.6 is 11.6 Å². The minimum absolute atomic E-state index is 0.127. The van der Waals surface area contributed by atoms with E-state index < -0.39 is 0 Å². The number of aryl methyl sites for hydroxylation is 1. The molecule has 0 atom stereocenters. The lowest BCUT2D eigenvalue weighted by molar-refractivity contribution is 0.256. The molecule has 1 N–H and O–H groups in total. The summed E-state index contributed by atoms with van der Waals surface area (Å²) >= 11 is 5.99. The largest absolute Gasteiger partial charge is 0.495 e. The first-order valence-corrected chi connectivity index (χ1v) is 10.1. The molecule has 28 heavy (non-hydrogen) atoms. The van der Waals surface area contributed by atoms with Gasteiger partial charge in [0.15, 0.2) is 5.15 Å². The highest BCUT2D eigenvalue weighted by molar-refractivity contribution is 6.29. The first kappa shape index (κ1) is 20.5. The number of piperazine rings is 1. The van der Waals surface area contributed by atoms with Crippen molar-refractivity contribution in [1.29, 1.82) is 0 Å². The Bertz CT molecular complexity index is 834. The van der Waals surface area contributed by atoms with Crippen LogP contribution in [0.2, 0.25) is 5.15 Å². The molecular formula is C20H28ClN5O2. The third-order valence-corrected chi connectivity index (χ3v) is 5.19. The third kappa shape index (κ3) is 4.97. The highest BCUT2D eigenvalue weighted by Gasteiger charge is 2.19. The molecule has 0 spiro atoms. The van der Waals surface area contributed by atoms with Crippen LogP contribution in [0.5, 0.6) is 5.75 Å². The summed E-state index contributed by atoms with van der Waals surface area (Å²) in [5.41, 5.74) is 1.55. The zero-order valence-corrected chi connectivity index (χ0v) is 17.3. The number of aromatic nitrogens is 2. The van der Waals surface area contributed by atoms with E-state index in [1.807, 2.05) is 25.1 Å². The maximum Gasteiger partial charge on any atom is 0.290 e. The normalized spacial score (nSPS) is 14.9. The second kappa shape index (κ2) is 9.80. The van der Waals surface area contributed by atoms with Crippen molar-refractivity contribution in [2.75, 3.05) is 56.6 Å². The summed E-state index contributed by atoms with van der Waals surface area (Å²) in [6, 6.07) is 9.76. The highest BCUT2D eigenvalue weighted by Crippen LogP contribution is 2.28. The van der Waals surface area contributed by atoms with E-state index in [9.17, 15) is 4.79 Å². The monoisotopic (exact) mass is 405 g/mol. The molecule has 7 nitrogen and oxygen atoms in total. The predicted octanol–water partition coefficient (Wildman–Crippen LogP) is 2.55. The first-order chi connectivity index (χ1) is 13.6. The van der Waals surface area contributed by atoms with E-state index in [0.717, 1.165) is 57.1 Å². The van der Waals surface area contributed by atoms with E-state index in [1.165, 1.54) is 4.68 Å². The molecule has 0 unspecified atom stereocenters. The summed E-state index contributed by atoms with van der Waals surface area (Å²) in [5.74, 6) is 0.925. The molecule has 8 heteroatoms. The quantitative estimate of drug-likeness (QED) is 0.681. The van der Waals surface area contributed by atoms with Gasteiger partial charge < -0.3 is 15.0 Å². The van der Waals surface area contributed by atoms with Gasteiger partial charge >= 0.3 is 0 Å². The van der Waals surface area contributed by atoms with Crippen molar-refractivity contribution in [2.45, 2.75) is 19.9 Å². The van der Waals surface area contributed by atoms with Crippen molar-refractivity contribution in [1.82, 2.24) is 14.7 Å². The predicted molar refractivity (Wildman–Crippen MR) is 114 cm³/mol. The number of halogens is 1. The zero-order valence-electron chi connectivity index (χ0n) is 16.5. The SMILES string of the molecule is CCn1nc(Cl)cc(NCCCN2CCN(c3ccccc3OC)CC2)c1=O. The van der Waals surface area contributed by atoms with Crippen LogP contribution < -0.4 is 20.5 Å². The second-order valence-corrected chi connectivity index (χ2v) is 7.17. The Balaban J connectivity index is 1.44. The van der Waals surface area contributed by atoms with E-state index >= 15 is 0 Å². The molecule has 1 aromatic heterocycles. The first-order valence-electron chi connectivity index (χ1n) is 9.74. The van der Waals surface area contributed by atoms with Crippen molar-refractivity contribution in [2.24, 2.45) is 0 Å². The lowest BCUT2D eigenvalue weighted by atomic mass is 10.2. The van der Waals surface area contributed by atoms with Crippen molar-refractivity contribution < 1.29 is 4.74 Å². The summed E-state index contributed by atoms with van der Waals surface area (Å²) in [6.07, 6.45) is 0.958. The molecular weight excluding hydrogens is 378 g/mol. The summed E-state index contributed by atoms with van der Waals surface area (Å²) in [7, 11) is 1.72. The minimum atomic E-state index is -0.127. The molecule has 0 saturated carbocycles. The van der Waals surface area contributed by atoms with Crippen molar-refractivity contribution >= 4 is 23.0 Å². The lowest BCUT2D eigenvalue weighted by Gasteiger charge is -2.36. The van der Waals surface area contributed by atoms with Gasteiger partial charge in [-0.3, -0.25) is 9.69 Å². The third-order valence-electron chi connectivity index (χ3n) is 5.01. The molecule has 0 bridgehead atoms. The fourth-order valence-corrected chi connectivity index (χ4v) is 3.68. The number of hydrogen-bond acceptors (Lipinski definition) is 6. The van der Waals surface area contributed by atoms with E-state index in [2.05, 4.69) is 26.3 Å². The number of hydrogen-bond donors (Lipinski definition) is 1. The van der Waals surface area contributed by atoms with Crippen LogP contribution in [0.3, 0.4) is 0 Å². The van der Waals surface area contributed by atoms with Crippen LogP contribution in [0.4, 0.5) is 11.4 Å². The topological polar surface area (TPSA) is 62.6 Å². The van der Waals surface area contributed by atoms with Gasteiger partial charge in [-0.1, -0.05) is 23.7 Å². The zero-order chi connectivity index (χ0) is 19.9. The molecule has 2 aromatic rings. The molecule has 0 radical (unpaired) electrons. The van der Waals surface area contributed by atoms with Gasteiger partial charge in [-0.05, 0) is 32.0 Å². The lowest BCUT2D eigenvalue weighted by Crippen LogP contribution is -2.47. The summed E-state index contributed by atoms with van der Waals surface area (Å²) in [5, 5.41) is 7.54. The van der Waals surface area contributed by atoms with Crippen LogP contribution in [-0.2, 0) is 6.54 Å². The van der Waals surface area contributed by atoms with E-state index in [0.29, 0.717) is 17.4 Å². The Morgan fingerprint density at radius 3 is 2.68 bits per heavy atom. The Kier molecular flexibility index (Phi) is 7.17. The van der Waals surface area contributed by atoms with Gasteiger partial charge in [0.05, 0.1) is 12.8 Å². The highest BCUT2D eigenvalue weighted by atomic mass is 35.5. The molecule has 1 aromatic carbocycles. The van der Waals surface area contributed by atoms with Gasteiger partial charge in [-0.15, -0.1) is 0 Å². The van der Waals surface area contributed by atoms with Crippen molar-refractivity contribution in [3.05, 3.63) is 45.8 Å². The van der Waals surface area contributed by atoms with Crippen LogP contribution in [0.25, 0.3) is 0 Å². The number of methoxy groups -OCH3 is 1. The smallest absolute Gasteiger partial charge is 0.290 e. The molecule has 1 aliphatic heterocycles. The minimum Gasteiger partial charge on any atom is -0.495 e. The van der Waals surface area contributed by atoms with Crippen LogP contribution in [0, 0.1) is 0 Å². The fraction of sp³-hybridized carbons (Fsp3) is 0.500. The van der Waals surface area contributed by atoms with E-state index in [-0.39, 0.29) is 5.56 Å². The van der Waals surface area contributed by atoms with Gasteiger partial charge in [0.25, 0.3) is 5.56 Å². The molecule has 2 heterocycles. The van der Waals surface area contributed by atoms with Gasteiger partial charge in [-0.25, -0.2) is 4.68 Å². The average molecular weight is 406 g/mol. The number of para-hydroxylation sites is 2. The van der Waals surface area contributed by atoms with Crippen LogP contribution in [0.15, 0.2) is 35.1 Å². The second-order valence-electron chi connectivity index (χ2n) is 6.78. The Morgan fingerprint density at radius 2 is 1.96 bits per heavy atom. The van der Waals surface area contributed by atoms with Crippen LogP contribution in [-0.4, -0.2) is 61.1 Å². The maximum absolute atomic E-state index is 12.2. The Hall–Kier alpha value is -2.25. The fourth-order valence-electron chi connectivity index (χ4n) is 3.48. The standard InChI is InChI=1S/C20H28ClN5O2/c1-3-26-20(27)16(15-19(21)23-26)22-9-6-10-24-11-13-25(14-12-24)17-7-4-5-8-18(17)28-2/h4-5,7-8,15,22H,3,6,9-14H2,1-2H3. The van der Waals surface area contributed by atoms with E-state index in [4.69, 9.17) is 16.3 Å². The van der Waals surface area contributed by atoms with Crippen molar-refractivity contribution in [3.63, 3.8) is 0 Å². The van der Waals surface area contributed by atoms with Gasteiger partial charge in [-0.2, -0.15) is 5.10 Å². The van der Waals surface area contributed by atoms with Crippen molar-refractivity contribution in [3.8, 4) is 5.75 Å². The molecule has 0 amide bonds. The van der Waals surface area contributed by atoms with Gasteiger partial charge in [0.2, 0.25) is 0 Å². The maximum atomic E-state index is 12.2. The number of benzene rings is 1. The molecule has 0 aliphatic carbocycles. The van der Waals surface area contributed by atoms with Gasteiger partial charge in [0, 0.05) is 45.3 Å². The molecule has 3 rings (SSSR count). The number of nitrogens with one attached hydrogen (secondary N) is 1. The number of nitrogens with zero attached hydrogens (tertiary/aromatic N) is 4.